The molecular weight excluding hydrogens is 353 g/mol. The van der Waals surface area contributed by atoms with E-state index in [0.717, 1.165) is 0 Å². The minimum Gasteiger partial charge on any atom is -0.199 e. The van der Waals surface area contributed by atoms with Gasteiger partial charge in [-0.15, -0.1) is 47.5 Å². The molecule has 1 heteroatoms. The first-order valence-corrected chi connectivity index (χ1v) is 7.90. The summed E-state index contributed by atoms with van der Waals surface area (Å²) in [5.74, 6) is 0. The molecule has 0 bridgehead atoms. The second-order valence-electron chi connectivity index (χ2n) is 7.34. The van der Waals surface area contributed by atoms with Gasteiger partial charge in [-0.2, -0.15) is 34.4 Å². The number of rotatable bonds is 1. The molecule has 0 atom stereocenters. The smallest absolute Gasteiger partial charge is 0 e. The van der Waals surface area contributed by atoms with Crippen LogP contribution >= 0.6 is 0 Å². The summed E-state index contributed by atoms with van der Waals surface area (Å²) >= 11 is 0. The van der Waals surface area contributed by atoms with Gasteiger partial charge in [0.25, 0.3) is 0 Å². The Kier molecular flexibility index (Phi) is 4.06. The molecule has 2 aliphatic rings. The van der Waals surface area contributed by atoms with Crippen molar-refractivity contribution < 1.29 is 32.7 Å². The van der Waals surface area contributed by atoms with Crippen molar-refractivity contribution in [1.82, 2.24) is 0 Å². The third-order valence-corrected chi connectivity index (χ3v) is 5.22. The Morgan fingerprint density at radius 1 is 0.609 bits per heavy atom. The first-order valence-electron chi connectivity index (χ1n) is 7.90. The first kappa shape index (κ1) is 16.9. The summed E-state index contributed by atoms with van der Waals surface area (Å²) in [7, 11) is 0. The Labute approximate surface area is 164 Å². The molecule has 0 fully saturated rings. The van der Waals surface area contributed by atoms with Gasteiger partial charge in [0.05, 0.1) is 0 Å². The van der Waals surface area contributed by atoms with E-state index < -0.39 is 0 Å². The van der Waals surface area contributed by atoms with Gasteiger partial charge in [0.2, 0.25) is 0 Å². The zero-order chi connectivity index (χ0) is 15.5. The zero-order valence-corrected chi connectivity index (χ0v) is 17.0. The van der Waals surface area contributed by atoms with E-state index in [9.17, 15) is 0 Å². The van der Waals surface area contributed by atoms with Crippen LogP contribution in [0.2, 0.25) is 0 Å². The average molecular weight is 373 g/mol. The van der Waals surface area contributed by atoms with E-state index in [1.165, 1.54) is 33.4 Å². The average Bonchev–Trinajstić information content (AvgIpc) is 2.91. The third kappa shape index (κ3) is 2.34. The van der Waals surface area contributed by atoms with Crippen LogP contribution in [-0.4, -0.2) is 0 Å². The number of hydrogen-bond acceptors (Lipinski definition) is 0. The van der Waals surface area contributed by atoms with E-state index >= 15 is 0 Å². The van der Waals surface area contributed by atoms with Gasteiger partial charge in [0, 0.05) is 32.7 Å². The molecule has 0 aliphatic heterocycles. The predicted molar refractivity (Wildman–Crippen MR) is 90.7 cm³/mol. The Hall–Kier alpha value is -0.976. The van der Waals surface area contributed by atoms with Crippen molar-refractivity contribution in [3.8, 4) is 0 Å². The van der Waals surface area contributed by atoms with E-state index in [1.807, 2.05) is 0 Å². The molecule has 0 spiro atoms. The van der Waals surface area contributed by atoms with E-state index in [2.05, 4.69) is 88.4 Å². The molecule has 2 aromatic carbocycles. The van der Waals surface area contributed by atoms with Crippen molar-refractivity contribution >= 4 is 0 Å². The van der Waals surface area contributed by atoms with Crippen LogP contribution in [0.3, 0.4) is 0 Å². The van der Waals surface area contributed by atoms with Crippen molar-refractivity contribution in [3.05, 3.63) is 94.1 Å². The van der Waals surface area contributed by atoms with Crippen molar-refractivity contribution in [3.63, 3.8) is 0 Å². The Balaban J connectivity index is 0.00000156. The fourth-order valence-corrected chi connectivity index (χ4v) is 3.88. The molecule has 4 rings (SSSR count). The predicted octanol–water partition coefficient (Wildman–Crippen LogP) is 5.12. The van der Waals surface area contributed by atoms with E-state index in [-0.39, 0.29) is 43.5 Å². The number of allylic oxidation sites excluding steroid dienone is 2. The van der Waals surface area contributed by atoms with Crippen LogP contribution in [0.5, 0.6) is 0 Å². The maximum atomic E-state index is 3.67. The molecule has 23 heavy (non-hydrogen) atoms. The molecule has 0 saturated carbocycles. The number of benzene rings is 2. The molecule has 0 N–H and O–H groups in total. The Morgan fingerprint density at radius 3 is 1.30 bits per heavy atom. The third-order valence-electron chi connectivity index (χ3n) is 5.22. The molecule has 0 aromatic heterocycles. The van der Waals surface area contributed by atoms with Crippen LogP contribution in [0.4, 0.5) is 0 Å². The summed E-state index contributed by atoms with van der Waals surface area (Å²) in [6.45, 7) is 9.20. The van der Waals surface area contributed by atoms with Crippen molar-refractivity contribution in [2.45, 2.75) is 38.5 Å². The van der Waals surface area contributed by atoms with Crippen LogP contribution < -0.4 is 0 Å². The molecule has 2 aliphatic carbocycles. The number of hydrogen-bond donors (Lipinski definition) is 0. The summed E-state index contributed by atoms with van der Waals surface area (Å²) in [6.07, 6.45) is 7.35. The fraction of sp³-hybridized carbons (Fsp3) is 0.273. The zero-order valence-electron chi connectivity index (χ0n) is 14.2. The van der Waals surface area contributed by atoms with Crippen LogP contribution in [-0.2, 0) is 43.5 Å². The minimum atomic E-state index is -0.0156. The summed E-state index contributed by atoms with van der Waals surface area (Å²) in [5, 5.41) is 0. The maximum absolute atomic E-state index is 3.67. The topological polar surface area (TPSA) is 0 Å². The molecule has 113 valence electrons. The van der Waals surface area contributed by atoms with E-state index in [1.54, 1.807) is 0 Å². The van der Waals surface area contributed by atoms with Crippen molar-refractivity contribution in [2.75, 3.05) is 0 Å². The normalized spacial score (nSPS) is 19.3. The van der Waals surface area contributed by atoms with Gasteiger partial charge in [-0.3, -0.25) is 0 Å². The molecule has 0 saturated heterocycles. The van der Waals surface area contributed by atoms with Gasteiger partial charge in [-0.25, -0.2) is 0 Å². The summed E-state index contributed by atoms with van der Waals surface area (Å²) in [4.78, 5) is 0. The molecule has 0 amide bonds. The second kappa shape index (κ2) is 5.54. The van der Waals surface area contributed by atoms with Crippen LogP contribution in [0.1, 0.15) is 49.9 Å². The van der Waals surface area contributed by atoms with Crippen LogP contribution in [0.15, 0.2) is 59.7 Å². The molecule has 2 aromatic rings. The van der Waals surface area contributed by atoms with Gasteiger partial charge in [0.15, 0.2) is 0 Å². The van der Waals surface area contributed by atoms with E-state index in [0.29, 0.717) is 0 Å². The number of fused-ring (bicyclic) bond motifs is 2. The van der Waals surface area contributed by atoms with Gasteiger partial charge >= 0.3 is 0 Å². The Morgan fingerprint density at radius 2 is 0.957 bits per heavy atom. The monoisotopic (exact) mass is 373 g/mol. The van der Waals surface area contributed by atoms with Crippen LogP contribution in [0, 0.1) is 12.2 Å². The van der Waals surface area contributed by atoms with Crippen molar-refractivity contribution in [1.29, 1.82) is 0 Å². The fourth-order valence-electron chi connectivity index (χ4n) is 3.88. The first-order chi connectivity index (χ1) is 10.4. The Bertz CT molecular complexity index is 763. The molecular formula is C22H20Y-2. The molecule has 0 nitrogen and oxygen atoms in total. The van der Waals surface area contributed by atoms with Gasteiger partial charge in [-0.05, 0) is 0 Å². The van der Waals surface area contributed by atoms with Crippen LogP contribution in [0.25, 0.3) is 0 Å². The summed E-state index contributed by atoms with van der Waals surface area (Å²) in [6, 6.07) is 17.2. The molecule has 1 radical (unpaired) electrons. The molecule has 0 unspecified atom stereocenters. The minimum absolute atomic E-state index is 0. The van der Waals surface area contributed by atoms with Gasteiger partial charge in [0.1, 0.15) is 0 Å². The van der Waals surface area contributed by atoms with Gasteiger partial charge < -0.3 is 0 Å². The van der Waals surface area contributed by atoms with Crippen molar-refractivity contribution in [2.24, 2.45) is 0 Å². The maximum Gasteiger partial charge on any atom is 0 e. The SMILES string of the molecule is CC1(C)C(C2=[C-]c3ccccc3C2(C)C)=[C-]c2ccccc21.[Y]. The largest absolute Gasteiger partial charge is 0.199 e. The quantitative estimate of drug-likeness (QED) is 0.609. The molecule has 0 heterocycles. The second-order valence-corrected chi connectivity index (χ2v) is 7.34. The standard InChI is InChI=1S/C22H20.Y/c1-21(2)17-11-7-5-9-15(17)13-19(21)20-14-16-10-6-8-12-18(16)22(20,3)4;/h5-12H,1-4H3;/q-2;. The summed E-state index contributed by atoms with van der Waals surface area (Å²) < 4.78 is 0. The van der Waals surface area contributed by atoms with E-state index in [4.69, 9.17) is 0 Å². The van der Waals surface area contributed by atoms with Gasteiger partial charge in [-0.1, -0.05) is 50.7 Å². The summed E-state index contributed by atoms with van der Waals surface area (Å²) in [5.41, 5.74) is 7.73.